The Balaban J connectivity index is 1.33. The first-order valence-electron chi connectivity index (χ1n) is 15.2. The summed E-state index contributed by atoms with van der Waals surface area (Å²) in [6.45, 7) is 10.6. The van der Waals surface area contributed by atoms with Gasteiger partial charge in [0.2, 0.25) is 0 Å². The number of hydrogen-bond acceptors (Lipinski definition) is 6. The Morgan fingerprint density at radius 3 is 2.29 bits per heavy atom. The summed E-state index contributed by atoms with van der Waals surface area (Å²) in [5, 5.41) is 6.27. The lowest BCUT2D eigenvalue weighted by atomic mass is 9.86. The second kappa shape index (κ2) is 13.0. The van der Waals surface area contributed by atoms with Crippen LogP contribution < -0.4 is 21.3 Å². The zero-order chi connectivity index (χ0) is 29.7. The van der Waals surface area contributed by atoms with Crippen LogP contribution in [0, 0.1) is 0 Å². The van der Waals surface area contributed by atoms with Gasteiger partial charge in [-0.1, -0.05) is 57.9 Å². The van der Waals surface area contributed by atoms with Gasteiger partial charge >= 0.3 is 0 Å². The molecule has 2 heterocycles. The van der Waals surface area contributed by atoms with Crippen LogP contribution in [0.4, 0.5) is 11.5 Å². The fourth-order valence-corrected chi connectivity index (χ4v) is 5.80. The van der Waals surface area contributed by atoms with E-state index in [2.05, 4.69) is 46.2 Å². The molecule has 2 aliphatic rings. The van der Waals surface area contributed by atoms with Crippen molar-refractivity contribution in [2.45, 2.75) is 70.5 Å². The van der Waals surface area contributed by atoms with Crippen LogP contribution in [0.2, 0.25) is 0 Å². The molecule has 2 fully saturated rings. The number of benzene rings is 2. The first-order chi connectivity index (χ1) is 20.2. The maximum absolute atomic E-state index is 13.4. The lowest BCUT2D eigenvalue weighted by Crippen LogP contribution is -2.49. The van der Waals surface area contributed by atoms with Gasteiger partial charge in [-0.15, -0.1) is 0 Å². The molecule has 0 radical (unpaired) electrons. The van der Waals surface area contributed by atoms with Crippen molar-refractivity contribution in [1.29, 1.82) is 0 Å². The van der Waals surface area contributed by atoms with E-state index in [-0.39, 0.29) is 29.3 Å². The molecule has 222 valence electrons. The lowest BCUT2D eigenvalue weighted by molar-refractivity contribution is 0.0920. The Kier molecular flexibility index (Phi) is 9.24. The Hall–Kier alpha value is -3.75. The van der Waals surface area contributed by atoms with Gasteiger partial charge in [-0.3, -0.25) is 14.5 Å². The van der Waals surface area contributed by atoms with E-state index in [1.54, 1.807) is 0 Å². The lowest BCUT2D eigenvalue weighted by Gasteiger charge is -2.35. The van der Waals surface area contributed by atoms with Crippen LogP contribution in [0.3, 0.4) is 0 Å². The normalized spacial score (nSPS) is 19.8. The molecule has 3 aromatic rings. The minimum Gasteiger partial charge on any atom is -0.354 e. The highest BCUT2D eigenvalue weighted by Gasteiger charge is 2.25. The van der Waals surface area contributed by atoms with Gasteiger partial charge in [-0.2, -0.15) is 0 Å². The summed E-state index contributed by atoms with van der Waals surface area (Å²) in [6.07, 6.45) is 5.81. The molecule has 0 spiro atoms. The first kappa shape index (κ1) is 29.7. The van der Waals surface area contributed by atoms with Crippen LogP contribution in [-0.2, 0) is 12.0 Å². The monoisotopic (exact) mass is 568 g/mol. The van der Waals surface area contributed by atoms with Crippen LogP contribution in [0.25, 0.3) is 0 Å². The summed E-state index contributed by atoms with van der Waals surface area (Å²) in [4.78, 5) is 35.8. The summed E-state index contributed by atoms with van der Waals surface area (Å²) in [6, 6.07) is 19.3. The molecular weight excluding hydrogens is 524 g/mol. The summed E-state index contributed by atoms with van der Waals surface area (Å²) in [5.74, 6) is 0.650. The molecule has 1 aliphatic heterocycles. The van der Waals surface area contributed by atoms with Crippen molar-refractivity contribution in [3.8, 4) is 0 Å². The molecule has 0 bridgehead atoms. The topological polar surface area (TPSA) is 104 Å². The van der Waals surface area contributed by atoms with Crippen LogP contribution >= 0.6 is 0 Å². The second-order valence-corrected chi connectivity index (χ2v) is 12.6. The summed E-state index contributed by atoms with van der Waals surface area (Å²) in [7, 11) is 0. The third-order valence-corrected chi connectivity index (χ3v) is 8.51. The number of amides is 2. The molecule has 42 heavy (non-hydrogen) atoms. The summed E-state index contributed by atoms with van der Waals surface area (Å²) >= 11 is 0. The van der Waals surface area contributed by atoms with Crippen molar-refractivity contribution in [1.82, 2.24) is 15.2 Å². The van der Waals surface area contributed by atoms with E-state index >= 15 is 0 Å². The summed E-state index contributed by atoms with van der Waals surface area (Å²) in [5.41, 5.74) is 10.2. The number of pyridine rings is 1. The van der Waals surface area contributed by atoms with Gasteiger partial charge in [0.1, 0.15) is 5.82 Å². The Labute approximate surface area is 249 Å². The molecule has 1 saturated heterocycles. The van der Waals surface area contributed by atoms with Crippen molar-refractivity contribution in [3.63, 3.8) is 0 Å². The van der Waals surface area contributed by atoms with Crippen LogP contribution in [0.1, 0.15) is 78.3 Å². The molecule has 1 aromatic heterocycles. The van der Waals surface area contributed by atoms with E-state index < -0.39 is 0 Å². The van der Waals surface area contributed by atoms with Crippen molar-refractivity contribution < 1.29 is 9.59 Å². The Morgan fingerprint density at radius 2 is 1.62 bits per heavy atom. The Morgan fingerprint density at radius 1 is 0.905 bits per heavy atom. The SMILES string of the molecule is CC(C)(C)c1ccc(C(=O)Nc2cc(C(=O)NC3CCCCC3N)ccc2CN2CCN(c3ccccn3)CC2)cc1. The molecule has 8 heteroatoms. The van der Waals surface area contributed by atoms with Gasteiger partial charge < -0.3 is 21.3 Å². The van der Waals surface area contributed by atoms with Crippen molar-refractivity contribution >= 4 is 23.3 Å². The second-order valence-electron chi connectivity index (χ2n) is 12.6. The highest BCUT2D eigenvalue weighted by atomic mass is 16.2. The van der Waals surface area contributed by atoms with E-state index in [1.165, 1.54) is 5.56 Å². The number of nitrogens with one attached hydrogen (secondary N) is 2. The Bertz CT molecular complexity index is 1360. The number of nitrogens with two attached hydrogens (primary N) is 1. The van der Waals surface area contributed by atoms with E-state index in [1.807, 2.05) is 66.9 Å². The number of carbonyl (C=O) groups excluding carboxylic acids is 2. The van der Waals surface area contributed by atoms with Crippen LogP contribution in [0.15, 0.2) is 66.9 Å². The van der Waals surface area contributed by atoms with Gasteiger partial charge in [-0.05, 0) is 65.8 Å². The molecule has 1 saturated carbocycles. The highest BCUT2D eigenvalue weighted by Crippen LogP contribution is 2.25. The molecule has 8 nitrogen and oxygen atoms in total. The molecule has 5 rings (SSSR count). The van der Waals surface area contributed by atoms with Crippen LogP contribution in [-0.4, -0.2) is 60.0 Å². The van der Waals surface area contributed by atoms with Gasteiger partial charge in [-0.25, -0.2) is 4.98 Å². The minimum absolute atomic E-state index is 0.00529. The van der Waals surface area contributed by atoms with Crippen molar-refractivity contribution in [2.24, 2.45) is 5.73 Å². The molecule has 1 aliphatic carbocycles. The third-order valence-electron chi connectivity index (χ3n) is 8.51. The number of nitrogens with zero attached hydrogens (tertiary/aromatic N) is 3. The number of rotatable bonds is 7. The average Bonchev–Trinajstić information content (AvgIpc) is 2.99. The molecule has 2 unspecified atom stereocenters. The van der Waals surface area contributed by atoms with E-state index in [0.717, 1.165) is 63.2 Å². The minimum atomic E-state index is -0.191. The van der Waals surface area contributed by atoms with Gasteiger partial charge in [0.05, 0.1) is 0 Å². The number of carbonyl (C=O) groups is 2. The maximum Gasteiger partial charge on any atom is 0.255 e. The molecular formula is C34H44N6O2. The number of piperazine rings is 1. The molecule has 2 aromatic carbocycles. The number of hydrogen-bond donors (Lipinski definition) is 3. The quantitative estimate of drug-likeness (QED) is 0.373. The van der Waals surface area contributed by atoms with Gasteiger partial charge in [0, 0.05) is 67.8 Å². The van der Waals surface area contributed by atoms with Crippen molar-refractivity contribution in [2.75, 3.05) is 36.4 Å². The summed E-state index contributed by atoms with van der Waals surface area (Å²) < 4.78 is 0. The van der Waals surface area contributed by atoms with E-state index in [0.29, 0.717) is 23.4 Å². The highest BCUT2D eigenvalue weighted by molar-refractivity contribution is 6.05. The van der Waals surface area contributed by atoms with Gasteiger partial charge in [0.15, 0.2) is 0 Å². The fraction of sp³-hybridized carbons (Fsp3) is 0.441. The standard InChI is InChI=1S/C34H44N6O2/c1-34(2,3)27-15-13-24(14-16-27)32(41)38-30-22-25(33(42)37-29-9-5-4-8-28(29)35)11-12-26(30)23-39-18-20-40(21-19-39)31-10-6-7-17-36-31/h6-7,10-17,22,28-29H,4-5,8-9,18-21,23,35H2,1-3H3,(H,37,42)(H,38,41). The first-order valence-corrected chi connectivity index (χ1v) is 15.2. The largest absolute Gasteiger partial charge is 0.354 e. The zero-order valence-electron chi connectivity index (χ0n) is 25.1. The number of aromatic nitrogens is 1. The van der Waals surface area contributed by atoms with E-state index in [9.17, 15) is 9.59 Å². The predicted octanol–water partition coefficient (Wildman–Crippen LogP) is 4.95. The smallest absolute Gasteiger partial charge is 0.255 e. The fourth-order valence-electron chi connectivity index (χ4n) is 5.80. The molecule has 4 N–H and O–H groups in total. The zero-order valence-corrected chi connectivity index (χ0v) is 25.1. The molecule has 2 atom stereocenters. The predicted molar refractivity (Wildman–Crippen MR) is 169 cm³/mol. The molecule has 2 amide bonds. The number of anilines is 2. The average molecular weight is 569 g/mol. The van der Waals surface area contributed by atoms with E-state index in [4.69, 9.17) is 5.73 Å². The maximum atomic E-state index is 13.4. The van der Waals surface area contributed by atoms with Crippen LogP contribution in [0.5, 0.6) is 0 Å². The third kappa shape index (κ3) is 7.36. The van der Waals surface area contributed by atoms with Crippen molar-refractivity contribution in [3.05, 3.63) is 89.1 Å². The van der Waals surface area contributed by atoms with Gasteiger partial charge in [0.25, 0.3) is 11.8 Å².